The van der Waals surface area contributed by atoms with Crippen LogP contribution in [0, 0.1) is 0 Å². The zero-order valence-corrected chi connectivity index (χ0v) is 8.62. The molecular weight excluding hydrogens is 170 g/mol. The molecule has 0 aromatic heterocycles. The molecule has 2 N–H and O–H groups in total. The van der Waals surface area contributed by atoms with Gasteiger partial charge in [-0.15, -0.1) is 0 Å². The second-order valence-electron chi connectivity index (χ2n) is 2.71. The molecule has 0 radical (unpaired) electrons. The van der Waals surface area contributed by atoms with Crippen molar-refractivity contribution >= 4 is 0 Å². The van der Waals surface area contributed by atoms with E-state index in [9.17, 15) is 0 Å². The summed E-state index contributed by atoms with van der Waals surface area (Å²) < 4.78 is 15.5. The molecule has 1 atom stereocenters. The van der Waals surface area contributed by atoms with E-state index in [-0.39, 0.29) is 6.10 Å². The van der Waals surface area contributed by atoms with Gasteiger partial charge in [0.15, 0.2) is 0 Å². The molecule has 0 spiro atoms. The Hall–Kier alpha value is -0.160. The minimum absolute atomic E-state index is 0.132. The largest absolute Gasteiger partial charge is 0.382 e. The lowest BCUT2D eigenvalue weighted by molar-refractivity contribution is 0.0201. The quantitative estimate of drug-likeness (QED) is 0.536. The first-order valence-electron chi connectivity index (χ1n) is 4.73. The maximum absolute atomic E-state index is 5.49. The first-order valence-corrected chi connectivity index (χ1v) is 4.73. The van der Waals surface area contributed by atoms with Crippen molar-refractivity contribution < 1.29 is 14.2 Å². The zero-order valence-electron chi connectivity index (χ0n) is 8.62. The van der Waals surface area contributed by atoms with Gasteiger partial charge >= 0.3 is 0 Å². The molecule has 4 heteroatoms. The van der Waals surface area contributed by atoms with Gasteiger partial charge in [0.2, 0.25) is 0 Å². The van der Waals surface area contributed by atoms with Crippen LogP contribution in [0.3, 0.4) is 0 Å². The van der Waals surface area contributed by atoms with E-state index in [4.69, 9.17) is 19.9 Å². The molecule has 4 nitrogen and oxygen atoms in total. The Morgan fingerprint density at radius 1 is 1.23 bits per heavy atom. The molecule has 0 aliphatic heterocycles. The van der Waals surface area contributed by atoms with Crippen molar-refractivity contribution in [1.29, 1.82) is 0 Å². The van der Waals surface area contributed by atoms with Gasteiger partial charge in [0.1, 0.15) is 0 Å². The maximum atomic E-state index is 5.49. The molecule has 80 valence electrons. The van der Waals surface area contributed by atoms with Crippen LogP contribution in [0.2, 0.25) is 0 Å². The third-order valence-corrected chi connectivity index (χ3v) is 1.68. The SMILES string of the molecule is CCOC(CN)CCOCCOC. The van der Waals surface area contributed by atoms with Gasteiger partial charge in [-0.05, 0) is 13.3 Å². The number of rotatable bonds is 9. The van der Waals surface area contributed by atoms with Crippen molar-refractivity contribution in [3.63, 3.8) is 0 Å². The summed E-state index contributed by atoms with van der Waals surface area (Å²) in [7, 11) is 1.66. The average Bonchev–Trinajstić information content (AvgIpc) is 2.16. The van der Waals surface area contributed by atoms with E-state index < -0.39 is 0 Å². The fourth-order valence-electron chi connectivity index (χ4n) is 0.964. The summed E-state index contributed by atoms with van der Waals surface area (Å²) in [6.07, 6.45) is 0.987. The lowest BCUT2D eigenvalue weighted by Gasteiger charge is -2.14. The first kappa shape index (κ1) is 12.8. The zero-order chi connectivity index (χ0) is 9.94. The van der Waals surface area contributed by atoms with Crippen LogP contribution in [-0.2, 0) is 14.2 Å². The number of nitrogens with two attached hydrogens (primary N) is 1. The second kappa shape index (κ2) is 9.92. The van der Waals surface area contributed by atoms with Crippen LogP contribution in [0.5, 0.6) is 0 Å². The molecule has 0 fully saturated rings. The van der Waals surface area contributed by atoms with Gasteiger partial charge in [-0.2, -0.15) is 0 Å². The predicted molar refractivity (Wildman–Crippen MR) is 51.8 cm³/mol. The van der Waals surface area contributed by atoms with Gasteiger partial charge in [-0.1, -0.05) is 0 Å². The van der Waals surface area contributed by atoms with E-state index in [1.54, 1.807) is 7.11 Å². The topological polar surface area (TPSA) is 53.7 Å². The van der Waals surface area contributed by atoms with Gasteiger partial charge in [-0.3, -0.25) is 0 Å². The van der Waals surface area contributed by atoms with Crippen molar-refractivity contribution in [3.05, 3.63) is 0 Å². The molecule has 0 aliphatic carbocycles. The van der Waals surface area contributed by atoms with Crippen molar-refractivity contribution in [1.82, 2.24) is 0 Å². The summed E-state index contributed by atoms with van der Waals surface area (Å²) in [5.41, 5.74) is 5.49. The van der Waals surface area contributed by atoms with Gasteiger partial charge in [0, 0.05) is 26.9 Å². The molecule has 0 amide bonds. The Morgan fingerprint density at radius 2 is 2.00 bits per heavy atom. The van der Waals surface area contributed by atoms with E-state index >= 15 is 0 Å². The van der Waals surface area contributed by atoms with E-state index in [1.165, 1.54) is 0 Å². The molecule has 0 aliphatic rings. The molecule has 13 heavy (non-hydrogen) atoms. The Labute approximate surface area is 80.3 Å². The maximum Gasteiger partial charge on any atom is 0.0719 e. The highest BCUT2D eigenvalue weighted by atomic mass is 16.5. The Kier molecular flexibility index (Phi) is 9.80. The Morgan fingerprint density at radius 3 is 2.54 bits per heavy atom. The Bertz CT molecular complexity index is 101. The van der Waals surface area contributed by atoms with Crippen molar-refractivity contribution in [2.24, 2.45) is 5.73 Å². The van der Waals surface area contributed by atoms with Gasteiger partial charge < -0.3 is 19.9 Å². The second-order valence-corrected chi connectivity index (χ2v) is 2.71. The molecule has 0 aromatic rings. The smallest absolute Gasteiger partial charge is 0.0719 e. The third-order valence-electron chi connectivity index (χ3n) is 1.68. The van der Waals surface area contributed by atoms with Crippen LogP contribution < -0.4 is 5.73 Å². The molecule has 0 aromatic carbocycles. The van der Waals surface area contributed by atoms with Crippen molar-refractivity contribution in [3.8, 4) is 0 Å². The number of hydrogen-bond donors (Lipinski definition) is 1. The normalized spacial score (nSPS) is 13.2. The van der Waals surface area contributed by atoms with Gasteiger partial charge in [0.25, 0.3) is 0 Å². The van der Waals surface area contributed by atoms with Crippen molar-refractivity contribution in [2.45, 2.75) is 19.4 Å². The van der Waals surface area contributed by atoms with Crippen molar-refractivity contribution in [2.75, 3.05) is 40.1 Å². The summed E-state index contributed by atoms with van der Waals surface area (Å²) in [6.45, 7) is 5.20. The molecule has 0 saturated carbocycles. The third kappa shape index (κ3) is 8.18. The standard InChI is InChI=1S/C9H21NO3/c1-3-13-9(8-10)4-5-12-7-6-11-2/h9H,3-8,10H2,1-2H3. The highest BCUT2D eigenvalue weighted by Crippen LogP contribution is 1.96. The molecular formula is C9H21NO3. The monoisotopic (exact) mass is 191 g/mol. The van der Waals surface area contributed by atoms with Crippen LogP contribution in [0.15, 0.2) is 0 Å². The molecule has 0 saturated heterocycles. The highest BCUT2D eigenvalue weighted by molar-refractivity contribution is 4.57. The number of hydrogen-bond acceptors (Lipinski definition) is 4. The fraction of sp³-hybridized carbons (Fsp3) is 1.00. The number of methoxy groups -OCH3 is 1. The minimum atomic E-state index is 0.132. The summed E-state index contributed by atoms with van der Waals surface area (Å²) in [5, 5.41) is 0. The predicted octanol–water partition coefficient (Wildman–Crippen LogP) is 0.403. The Balaban J connectivity index is 3.17. The van der Waals surface area contributed by atoms with E-state index in [2.05, 4.69) is 0 Å². The van der Waals surface area contributed by atoms with Gasteiger partial charge in [0.05, 0.1) is 19.3 Å². The van der Waals surface area contributed by atoms with Crippen LogP contribution in [0.25, 0.3) is 0 Å². The van der Waals surface area contributed by atoms with Crippen LogP contribution in [0.1, 0.15) is 13.3 Å². The van der Waals surface area contributed by atoms with E-state index in [0.29, 0.717) is 33.0 Å². The molecule has 0 bridgehead atoms. The van der Waals surface area contributed by atoms with Crippen LogP contribution >= 0.6 is 0 Å². The average molecular weight is 191 g/mol. The summed E-state index contributed by atoms with van der Waals surface area (Å²) >= 11 is 0. The lowest BCUT2D eigenvalue weighted by atomic mass is 10.2. The van der Waals surface area contributed by atoms with Gasteiger partial charge in [-0.25, -0.2) is 0 Å². The fourth-order valence-corrected chi connectivity index (χ4v) is 0.964. The molecule has 0 rings (SSSR count). The first-order chi connectivity index (χ1) is 6.35. The molecule has 1 unspecified atom stereocenters. The minimum Gasteiger partial charge on any atom is -0.382 e. The molecule has 0 heterocycles. The van der Waals surface area contributed by atoms with Crippen LogP contribution in [-0.4, -0.2) is 46.2 Å². The number of ether oxygens (including phenoxy) is 3. The highest BCUT2D eigenvalue weighted by Gasteiger charge is 2.04. The summed E-state index contributed by atoms with van der Waals surface area (Å²) in [5.74, 6) is 0. The van der Waals surface area contributed by atoms with E-state index in [0.717, 1.165) is 6.42 Å². The lowest BCUT2D eigenvalue weighted by Crippen LogP contribution is -2.25. The summed E-state index contributed by atoms with van der Waals surface area (Å²) in [4.78, 5) is 0. The van der Waals surface area contributed by atoms with E-state index in [1.807, 2.05) is 6.92 Å². The van der Waals surface area contributed by atoms with Crippen LogP contribution in [0.4, 0.5) is 0 Å². The summed E-state index contributed by atoms with van der Waals surface area (Å²) in [6, 6.07) is 0.